The highest BCUT2D eigenvalue weighted by Gasteiger charge is 2.08. The van der Waals surface area contributed by atoms with Crippen molar-refractivity contribution in [1.29, 1.82) is 0 Å². The fourth-order valence-electron chi connectivity index (χ4n) is 1.36. The van der Waals surface area contributed by atoms with Gasteiger partial charge in [-0.05, 0) is 29.8 Å². The van der Waals surface area contributed by atoms with E-state index in [4.69, 9.17) is 17.3 Å². The highest BCUT2D eigenvalue weighted by atomic mass is 35.5. The Balaban J connectivity index is 2.63. The molecular weight excluding hydrogens is 215 g/mol. The second-order valence-electron chi connectivity index (χ2n) is 3.08. The van der Waals surface area contributed by atoms with E-state index in [-0.39, 0.29) is 5.02 Å². The van der Waals surface area contributed by atoms with Crippen LogP contribution in [-0.2, 0) is 0 Å². The molecule has 1 aromatic heterocycles. The van der Waals surface area contributed by atoms with Gasteiger partial charge in [0.15, 0.2) is 0 Å². The molecule has 0 aliphatic carbocycles. The third kappa shape index (κ3) is 1.92. The zero-order chi connectivity index (χ0) is 10.8. The number of nitrogens with zero attached hydrogens (tertiary/aromatic N) is 1. The predicted octanol–water partition coefficient (Wildman–Crippen LogP) is 3.12. The SMILES string of the molecule is Nc1c(Cl)cc(F)cc1-c1ccncc1. The maximum Gasteiger partial charge on any atom is 0.125 e. The first-order valence-electron chi connectivity index (χ1n) is 4.33. The molecule has 15 heavy (non-hydrogen) atoms. The molecule has 0 saturated carbocycles. The van der Waals surface area contributed by atoms with Gasteiger partial charge in [0.05, 0.1) is 10.7 Å². The smallest absolute Gasteiger partial charge is 0.125 e. The molecule has 2 nitrogen and oxygen atoms in total. The lowest BCUT2D eigenvalue weighted by atomic mass is 10.1. The quantitative estimate of drug-likeness (QED) is 0.753. The van der Waals surface area contributed by atoms with Gasteiger partial charge in [-0.1, -0.05) is 11.6 Å². The fraction of sp³-hybridized carbons (Fsp3) is 0. The van der Waals surface area contributed by atoms with Crippen molar-refractivity contribution in [2.75, 3.05) is 5.73 Å². The monoisotopic (exact) mass is 222 g/mol. The van der Waals surface area contributed by atoms with Crippen LogP contribution >= 0.6 is 11.6 Å². The highest BCUT2D eigenvalue weighted by Crippen LogP contribution is 2.32. The number of nitrogen functional groups attached to an aromatic ring is 1. The summed E-state index contributed by atoms with van der Waals surface area (Å²) in [4.78, 5) is 3.88. The van der Waals surface area contributed by atoms with Gasteiger partial charge >= 0.3 is 0 Å². The second-order valence-corrected chi connectivity index (χ2v) is 3.49. The number of pyridine rings is 1. The number of hydrogen-bond donors (Lipinski definition) is 1. The van der Waals surface area contributed by atoms with Gasteiger partial charge < -0.3 is 5.73 Å². The van der Waals surface area contributed by atoms with Crippen LogP contribution in [0.2, 0.25) is 5.02 Å². The molecule has 0 atom stereocenters. The predicted molar refractivity (Wildman–Crippen MR) is 59.1 cm³/mol. The summed E-state index contributed by atoms with van der Waals surface area (Å²) >= 11 is 5.79. The van der Waals surface area contributed by atoms with Gasteiger partial charge in [0.1, 0.15) is 5.82 Å². The molecule has 4 heteroatoms. The van der Waals surface area contributed by atoms with Crippen LogP contribution in [0, 0.1) is 5.82 Å². The van der Waals surface area contributed by atoms with Crippen molar-refractivity contribution in [3.8, 4) is 11.1 Å². The first-order valence-corrected chi connectivity index (χ1v) is 4.71. The minimum absolute atomic E-state index is 0.224. The maximum atomic E-state index is 13.1. The maximum absolute atomic E-state index is 13.1. The standard InChI is InChI=1S/C11H8ClFN2/c12-10-6-8(13)5-9(11(10)14)7-1-3-15-4-2-7/h1-6H,14H2. The number of nitrogens with two attached hydrogens (primary N) is 1. The Labute approximate surface area is 91.5 Å². The van der Waals surface area contributed by atoms with Crippen molar-refractivity contribution in [1.82, 2.24) is 4.98 Å². The van der Waals surface area contributed by atoms with E-state index >= 15 is 0 Å². The van der Waals surface area contributed by atoms with Gasteiger partial charge in [-0.2, -0.15) is 0 Å². The second kappa shape index (κ2) is 3.87. The van der Waals surface area contributed by atoms with Crippen LogP contribution in [-0.4, -0.2) is 4.98 Å². The molecule has 1 heterocycles. The largest absolute Gasteiger partial charge is 0.397 e. The van der Waals surface area contributed by atoms with Crippen LogP contribution in [0.5, 0.6) is 0 Å². The van der Waals surface area contributed by atoms with Crippen molar-refractivity contribution >= 4 is 17.3 Å². The molecule has 0 aliphatic heterocycles. The summed E-state index contributed by atoms with van der Waals surface area (Å²) in [6.45, 7) is 0. The zero-order valence-corrected chi connectivity index (χ0v) is 8.50. The Morgan fingerprint density at radius 3 is 2.53 bits per heavy atom. The Bertz CT molecular complexity index is 485. The van der Waals surface area contributed by atoms with Gasteiger partial charge in [0.25, 0.3) is 0 Å². The molecule has 0 unspecified atom stereocenters. The molecule has 0 bridgehead atoms. The van der Waals surface area contributed by atoms with Crippen molar-refractivity contribution in [3.05, 3.63) is 47.5 Å². The number of halogens is 2. The number of hydrogen-bond acceptors (Lipinski definition) is 2. The van der Waals surface area contributed by atoms with Crippen LogP contribution in [0.3, 0.4) is 0 Å². The van der Waals surface area contributed by atoms with E-state index < -0.39 is 5.82 Å². The van der Waals surface area contributed by atoms with Gasteiger partial charge in [-0.15, -0.1) is 0 Å². The Hall–Kier alpha value is -1.61. The first kappa shape index (κ1) is 9.93. The Kier molecular flexibility index (Phi) is 2.56. The van der Waals surface area contributed by atoms with Crippen molar-refractivity contribution in [3.63, 3.8) is 0 Å². The third-order valence-corrected chi connectivity index (χ3v) is 2.40. The van der Waals surface area contributed by atoms with E-state index in [2.05, 4.69) is 4.98 Å². The van der Waals surface area contributed by atoms with E-state index in [1.165, 1.54) is 12.1 Å². The van der Waals surface area contributed by atoms with Crippen molar-refractivity contribution in [2.45, 2.75) is 0 Å². The Morgan fingerprint density at radius 2 is 1.87 bits per heavy atom. The number of rotatable bonds is 1. The molecule has 76 valence electrons. The summed E-state index contributed by atoms with van der Waals surface area (Å²) in [5.74, 6) is -0.402. The van der Waals surface area contributed by atoms with Crippen molar-refractivity contribution < 1.29 is 4.39 Å². The van der Waals surface area contributed by atoms with Crippen LogP contribution in [0.4, 0.5) is 10.1 Å². The molecule has 2 aromatic rings. The van der Waals surface area contributed by atoms with Crippen LogP contribution < -0.4 is 5.73 Å². The average molecular weight is 223 g/mol. The first-order chi connectivity index (χ1) is 7.18. The zero-order valence-electron chi connectivity index (χ0n) is 7.74. The van der Waals surface area contributed by atoms with Gasteiger partial charge in [0.2, 0.25) is 0 Å². The fourth-order valence-corrected chi connectivity index (χ4v) is 1.56. The molecule has 0 radical (unpaired) electrons. The highest BCUT2D eigenvalue weighted by molar-refractivity contribution is 6.33. The molecule has 1 aromatic carbocycles. The van der Waals surface area contributed by atoms with Gasteiger partial charge in [-0.3, -0.25) is 4.98 Å². The summed E-state index contributed by atoms with van der Waals surface area (Å²) < 4.78 is 13.1. The van der Waals surface area contributed by atoms with Crippen molar-refractivity contribution in [2.24, 2.45) is 0 Å². The number of benzene rings is 1. The summed E-state index contributed by atoms with van der Waals surface area (Å²) in [5, 5.41) is 0.224. The lowest BCUT2D eigenvalue weighted by molar-refractivity contribution is 0.628. The van der Waals surface area contributed by atoms with E-state index in [1.54, 1.807) is 24.5 Å². The lowest BCUT2D eigenvalue weighted by Gasteiger charge is -2.07. The topological polar surface area (TPSA) is 38.9 Å². The van der Waals surface area contributed by atoms with E-state index in [9.17, 15) is 4.39 Å². The summed E-state index contributed by atoms with van der Waals surface area (Å²) in [7, 11) is 0. The number of anilines is 1. The Morgan fingerprint density at radius 1 is 1.20 bits per heavy atom. The van der Waals surface area contributed by atoms with Crippen LogP contribution in [0.25, 0.3) is 11.1 Å². The minimum Gasteiger partial charge on any atom is -0.397 e. The molecule has 0 spiro atoms. The van der Waals surface area contributed by atoms with Crippen LogP contribution in [0.15, 0.2) is 36.7 Å². The normalized spacial score (nSPS) is 10.3. The van der Waals surface area contributed by atoms with E-state index in [1.807, 2.05) is 0 Å². The molecule has 0 saturated heterocycles. The third-order valence-electron chi connectivity index (χ3n) is 2.09. The number of aromatic nitrogens is 1. The lowest BCUT2D eigenvalue weighted by Crippen LogP contribution is -1.93. The van der Waals surface area contributed by atoms with E-state index in [0.717, 1.165) is 5.56 Å². The molecule has 0 aliphatic rings. The molecule has 2 rings (SSSR count). The summed E-state index contributed by atoms with van der Waals surface area (Å²) in [6.07, 6.45) is 3.24. The summed E-state index contributed by atoms with van der Waals surface area (Å²) in [5.41, 5.74) is 7.52. The minimum atomic E-state index is -0.402. The molecular formula is C11H8ClFN2. The van der Waals surface area contributed by atoms with Gasteiger partial charge in [0, 0.05) is 18.0 Å². The molecule has 0 amide bonds. The van der Waals surface area contributed by atoms with Gasteiger partial charge in [-0.25, -0.2) is 4.39 Å². The summed E-state index contributed by atoms with van der Waals surface area (Å²) in [6, 6.07) is 6.06. The molecule has 2 N–H and O–H groups in total. The van der Waals surface area contributed by atoms with Crippen LogP contribution in [0.1, 0.15) is 0 Å². The molecule has 0 fully saturated rings. The average Bonchev–Trinajstić information content (AvgIpc) is 2.24. The van der Waals surface area contributed by atoms with E-state index in [0.29, 0.717) is 11.3 Å².